The number of rotatable bonds is 3. The fourth-order valence-electron chi connectivity index (χ4n) is 0.791. The molecule has 0 radical (unpaired) electrons. The molecule has 0 aliphatic carbocycles. The first kappa shape index (κ1) is 9.92. The summed E-state index contributed by atoms with van der Waals surface area (Å²) in [6.07, 6.45) is 2.91. The Balaban J connectivity index is 2.59. The third-order valence-corrected chi connectivity index (χ3v) is 2.17. The first-order valence-electron chi connectivity index (χ1n) is 3.73. The number of nitrogens with one attached hydrogen (secondary N) is 1. The highest BCUT2D eigenvalue weighted by molar-refractivity contribution is 9.10. The molecule has 1 N–H and O–H groups in total. The highest BCUT2D eigenvalue weighted by Crippen LogP contribution is 2.12. The van der Waals surface area contributed by atoms with E-state index in [1.54, 1.807) is 6.20 Å². The minimum atomic E-state index is -0.197. The molecule has 0 aliphatic heterocycles. The molecule has 0 saturated heterocycles. The van der Waals surface area contributed by atoms with E-state index >= 15 is 0 Å². The molecular weight excluding hydrogens is 232 g/mol. The molecule has 0 aliphatic rings. The molecule has 3 nitrogen and oxygen atoms in total. The Hall–Kier alpha value is -1.16. The van der Waals surface area contributed by atoms with Crippen molar-refractivity contribution in [2.24, 2.45) is 0 Å². The van der Waals surface area contributed by atoms with Crippen LogP contribution >= 0.6 is 15.9 Å². The quantitative estimate of drug-likeness (QED) is 0.817. The summed E-state index contributed by atoms with van der Waals surface area (Å²) in [6, 6.07) is 3.70. The predicted molar refractivity (Wildman–Crippen MR) is 54.0 cm³/mol. The molecule has 4 heteroatoms. The second-order valence-corrected chi connectivity index (χ2v) is 3.21. The van der Waals surface area contributed by atoms with Gasteiger partial charge in [-0.25, -0.2) is 0 Å². The molecule has 68 valence electrons. The van der Waals surface area contributed by atoms with Crippen molar-refractivity contribution in [3.05, 3.63) is 41.2 Å². The van der Waals surface area contributed by atoms with Gasteiger partial charge in [-0.15, -0.1) is 0 Å². The number of aromatic nitrogens is 1. The summed E-state index contributed by atoms with van der Waals surface area (Å²) in [5.74, 6) is -0.197. The second kappa shape index (κ2) is 4.77. The summed E-state index contributed by atoms with van der Waals surface area (Å²) in [4.78, 5) is 14.9. The fraction of sp³-hybridized carbons (Fsp3) is 0.111. The molecule has 0 aromatic carbocycles. The largest absolute Gasteiger partial charge is 0.347 e. The van der Waals surface area contributed by atoms with E-state index in [9.17, 15) is 4.79 Å². The summed E-state index contributed by atoms with van der Waals surface area (Å²) in [5.41, 5.74) is 0.803. The molecule has 1 aromatic heterocycles. The lowest BCUT2D eigenvalue weighted by Gasteiger charge is -2.02. The Morgan fingerprint density at radius 3 is 3.15 bits per heavy atom. The third kappa shape index (κ3) is 2.99. The Morgan fingerprint density at radius 2 is 2.54 bits per heavy atom. The van der Waals surface area contributed by atoms with Crippen LogP contribution in [0.15, 0.2) is 35.5 Å². The summed E-state index contributed by atoms with van der Waals surface area (Å²) < 4.78 is 0.888. The van der Waals surface area contributed by atoms with Crippen LogP contribution in [0.25, 0.3) is 0 Å². The molecule has 1 heterocycles. The van der Waals surface area contributed by atoms with Crippen LogP contribution in [0.3, 0.4) is 0 Å². The standard InChI is InChI=1S/C9H9BrN2O/c1-2-9(13)12-6-8-7(10)4-3-5-11-8/h2-5H,1,6H2,(H,12,13). The Bertz CT molecular complexity index is 325. The number of hydrogen-bond donors (Lipinski definition) is 1. The maximum absolute atomic E-state index is 10.8. The van der Waals surface area contributed by atoms with Crippen LogP contribution in [0.1, 0.15) is 5.69 Å². The average molecular weight is 241 g/mol. The topological polar surface area (TPSA) is 42.0 Å². The van der Waals surface area contributed by atoms with Gasteiger partial charge in [-0.2, -0.15) is 0 Å². The van der Waals surface area contributed by atoms with E-state index in [4.69, 9.17) is 0 Å². The van der Waals surface area contributed by atoms with Crippen molar-refractivity contribution in [3.63, 3.8) is 0 Å². The van der Waals surface area contributed by atoms with Crippen LogP contribution in [-0.2, 0) is 11.3 Å². The van der Waals surface area contributed by atoms with Crippen molar-refractivity contribution in [2.75, 3.05) is 0 Å². The van der Waals surface area contributed by atoms with Gasteiger partial charge in [-0.05, 0) is 34.1 Å². The molecule has 1 aromatic rings. The lowest BCUT2D eigenvalue weighted by atomic mass is 10.3. The van der Waals surface area contributed by atoms with E-state index in [0.29, 0.717) is 6.54 Å². The maximum atomic E-state index is 10.8. The highest BCUT2D eigenvalue weighted by Gasteiger charge is 2.00. The number of carbonyl (C=O) groups excluding carboxylic acids is 1. The van der Waals surface area contributed by atoms with Crippen LogP contribution < -0.4 is 5.32 Å². The van der Waals surface area contributed by atoms with Gasteiger partial charge in [0.2, 0.25) is 5.91 Å². The van der Waals surface area contributed by atoms with Crippen molar-refractivity contribution >= 4 is 21.8 Å². The van der Waals surface area contributed by atoms with Gasteiger partial charge in [0.25, 0.3) is 0 Å². The van der Waals surface area contributed by atoms with Crippen LogP contribution in [0.5, 0.6) is 0 Å². The van der Waals surface area contributed by atoms with E-state index in [0.717, 1.165) is 10.2 Å². The Kier molecular flexibility index (Phi) is 3.64. The van der Waals surface area contributed by atoms with E-state index in [2.05, 4.69) is 32.8 Å². The SMILES string of the molecule is C=CC(=O)NCc1ncccc1Br. The van der Waals surface area contributed by atoms with E-state index in [1.807, 2.05) is 12.1 Å². The lowest BCUT2D eigenvalue weighted by Crippen LogP contribution is -2.20. The first-order chi connectivity index (χ1) is 6.24. The van der Waals surface area contributed by atoms with E-state index in [1.165, 1.54) is 6.08 Å². The van der Waals surface area contributed by atoms with Gasteiger partial charge in [0.05, 0.1) is 12.2 Å². The van der Waals surface area contributed by atoms with Gasteiger partial charge >= 0.3 is 0 Å². The van der Waals surface area contributed by atoms with Gasteiger partial charge < -0.3 is 5.32 Å². The number of halogens is 1. The zero-order valence-corrected chi connectivity index (χ0v) is 8.54. The molecule has 0 bridgehead atoms. The van der Waals surface area contributed by atoms with Crippen LogP contribution in [0, 0.1) is 0 Å². The van der Waals surface area contributed by atoms with Crippen molar-refractivity contribution in [1.29, 1.82) is 0 Å². The molecule has 0 atom stereocenters. The zero-order valence-electron chi connectivity index (χ0n) is 6.96. The molecule has 0 fully saturated rings. The molecule has 13 heavy (non-hydrogen) atoms. The summed E-state index contributed by atoms with van der Waals surface area (Å²) >= 11 is 3.33. The van der Waals surface area contributed by atoms with Crippen molar-refractivity contribution < 1.29 is 4.79 Å². The van der Waals surface area contributed by atoms with Gasteiger partial charge in [-0.3, -0.25) is 9.78 Å². The molecular formula is C9H9BrN2O. The molecule has 1 amide bonds. The fourth-order valence-corrected chi connectivity index (χ4v) is 1.19. The lowest BCUT2D eigenvalue weighted by molar-refractivity contribution is -0.116. The average Bonchev–Trinajstić information content (AvgIpc) is 2.16. The maximum Gasteiger partial charge on any atom is 0.243 e. The van der Waals surface area contributed by atoms with Gasteiger partial charge in [-0.1, -0.05) is 6.58 Å². The Morgan fingerprint density at radius 1 is 1.77 bits per heavy atom. The Labute approximate surface area is 85.0 Å². The van der Waals surface area contributed by atoms with Crippen LogP contribution in [0.2, 0.25) is 0 Å². The van der Waals surface area contributed by atoms with Crippen molar-refractivity contribution in [3.8, 4) is 0 Å². The number of hydrogen-bond acceptors (Lipinski definition) is 2. The molecule has 0 saturated carbocycles. The predicted octanol–water partition coefficient (Wildman–Crippen LogP) is 1.65. The number of carbonyl (C=O) groups is 1. The summed E-state index contributed by atoms with van der Waals surface area (Å²) in [5, 5.41) is 2.64. The van der Waals surface area contributed by atoms with E-state index < -0.39 is 0 Å². The summed E-state index contributed by atoms with van der Waals surface area (Å²) in [7, 11) is 0. The van der Waals surface area contributed by atoms with Gasteiger partial charge in [0.1, 0.15) is 0 Å². The minimum Gasteiger partial charge on any atom is -0.347 e. The first-order valence-corrected chi connectivity index (χ1v) is 4.53. The third-order valence-electron chi connectivity index (χ3n) is 1.45. The molecule has 0 unspecified atom stereocenters. The summed E-state index contributed by atoms with van der Waals surface area (Å²) in [6.45, 7) is 3.76. The van der Waals surface area contributed by atoms with Crippen LogP contribution in [-0.4, -0.2) is 10.9 Å². The number of pyridine rings is 1. The number of nitrogens with zero attached hydrogens (tertiary/aromatic N) is 1. The second-order valence-electron chi connectivity index (χ2n) is 2.35. The van der Waals surface area contributed by atoms with E-state index in [-0.39, 0.29) is 5.91 Å². The normalized spacial score (nSPS) is 9.31. The number of amides is 1. The van der Waals surface area contributed by atoms with Gasteiger partial charge in [0, 0.05) is 10.7 Å². The van der Waals surface area contributed by atoms with Crippen molar-refractivity contribution in [1.82, 2.24) is 10.3 Å². The monoisotopic (exact) mass is 240 g/mol. The molecule has 0 spiro atoms. The minimum absolute atomic E-state index is 0.197. The highest BCUT2D eigenvalue weighted by atomic mass is 79.9. The zero-order chi connectivity index (χ0) is 9.68. The smallest absolute Gasteiger partial charge is 0.243 e. The van der Waals surface area contributed by atoms with Gasteiger partial charge in [0.15, 0.2) is 0 Å². The molecule has 1 rings (SSSR count). The van der Waals surface area contributed by atoms with Crippen molar-refractivity contribution in [2.45, 2.75) is 6.54 Å². The van der Waals surface area contributed by atoms with Crippen LogP contribution in [0.4, 0.5) is 0 Å².